The number of rotatable bonds is 5. The van der Waals surface area contributed by atoms with Crippen LogP contribution in [0.15, 0.2) is 36.4 Å². The number of ether oxygens (including phenoxy) is 1. The quantitative estimate of drug-likeness (QED) is 0.691. The van der Waals surface area contributed by atoms with Crippen molar-refractivity contribution >= 4 is 11.8 Å². The number of piperidine rings is 1. The minimum Gasteiger partial charge on any atom is -0.489 e. The third-order valence-electron chi connectivity index (χ3n) is 7.09. The largest absolute Gasteiger partial charge is 0.489 e. The van der Waals surface area contributed by atoms with Gasteiger partial charge in [0.2, 0.25) is 11.8 Å². The fraction of sp³-hybridized carbons (Fsp3) is 0.615. The molecule has 7 heteroatoms. The van der Waals surface area contributed by atoms with Gasteiger partial charge in [-0.1, -0.05) is 30.4 Å². The lowest BCUT2D eigenvalue weighted by molar-refractivity contribution is -0.134. The number of nitrogens with one attached hydrogen (secondary N) is 1. The Morgan fingerprint density at radius 1 is 1.15 bits per heavy atom. The van der Waals surface area contributed by atoms with Crippen molar-refractivity contribution in [1.82, 2.24) is 20.0 Å². The highest BCUT2D eigenvalue weighted by atomic mass is 16.5. The third kappa shape index (κ3) is 6.81. The fourth-order valence-corrected chi connectivity index (χ4v) is 5.22. The number of carbonyl (C=O) groups is 2. The van der Waals surface area contributed by atoms with Gasteiger partial charge in [0, 0.05) is 44.7 Å². The molecule has 2 atom stereocenters. The fourth-order valence-electron chi connectivity index (χ4n) is 5.22. The van der Waals surface area contributed by atoms with Crippen molar-refractivity contribution in [3.8, 4) is 5.75 Å². The maximum absolute atomic E-state index is 13.0. The zero-order valence-corrected chi connectivity index (χ0v) is 19.9. The minimum atomic E-state index is 0.125. The first-order chi connectivity index (χ1) is 16.1. The lowest BCUT2D eigenvalue weighted by Crippen LogP contribution is -2.47. The first kappa shape index (κ1) is 23.8. The molecule has 2 saturated heterocycles. The number of likely N-dealkylation sites (N-methyl/N-ethyl adjacent to an activating group) is 1. The Kier molecular flexibility index (Phi) is 8.40. The Hall–Kier alpha value is -2.38. The molecule has 0 aliphatic carbocycles. The zero-order valence-electron chi connectivity index (χ0n) is 19.9. The lowest BCUT2D eigenvalue weighted by atomic mass is 9.82. The van der Waals surface area contributed by atoms with E-state index in [1.165, 1.54) is 12.8 Å². The number of likely N-dealkylation sites (tertiary alicyclic amines) is 1. The Morgan fingerprint density at radius 3 is 2.82 bits per heavy atom. The number of hydrogen-bond donors (Lipinski definition) is 1. The van der Waals surface area contributed by atoms with Crippen LogP contribution < -0.4 is 10.1 Å². The predicted molar refractivity (Wildman–Crippen MR) is 129 cm³/mol. The van der Waals surface area contributed by atoms with E-state index in [9.17, 15) is 9.59 Å². The normalized spacial score (nSPS) is 25.8. The highest BCUT2D eigenvalue weighted by Crippen LogP contribution is 2.29. The number of carbonyl (C=O) groups excluding carboxylic acids is 2. The molecule has 1 aromatic rings. The van der Waals surface area contributed by atoms with E-state index in [1.54, 1.807) is 0 Å². The Labute approximate surface area is 197 Å². The molecule has 0 radical (unpaired) electrons. The molecule has 2 fully saturated rings. The van der Waals surface area contributed by atoms with Crippen molar-refractivity contribution < 1.29 is 14.3 Å². The number of fused-ring (bicyclic) bond motifs is 3. The molecule has 4 rings (SSSR count). The summed E-state index contributed by atoms with van der Waals surface area (Å²) in [4.78, 5) is 32.1. The topological polar surface area (TPSA) is 65.1 Å². The Morgan fingerprint density at radius 2 is 1.97 bits per heavy atom. The average Bonchev–Trinajstić information content (AvgIpc) is 3.31. The summed E-state index contributed by atoms with van der Waals surface area (Å²) in [6.07, 6.45) is 8.11. The van der Waals surface area contributed by atoms with E-state index in [0.717, 1.165) is 50.5 Å². The van der Waals surface area contributed by atoms with E-state index < -0.39 is 0 Å². The second-order valence-corrected chi connectivity index (χ2v) is 9.67. The van der Waals surface area contributed by atoms with Crippen molar-refractivity contribution in [2.45, 2.75) is 32.2 Å². The standard InChI is InChI=1S/C26H38N4O3/c1-28-18-23-7-2-3-9-24(23)33-16-6-8-22-19-30(26(32)20-28)14-10-21(22)17-25(31)27-11-15-29-12-4-5-13-29/h2-3,6-9,21-22H,4-5,10-20H2,1H3,(H,27,31)/b8-6+/t21-,22-/m0/s1. The second-order valence-electron chi connectivity index (χ2n) is 9.67. The minimum absolute atomic E-state index is 0.125. The van der Waals surface area contributed by atoms with Crippen molar-refractivity contribution in [2.75, 3.05) is 59.5 Å². The van der Waals surface area contributed by atoms with Crippen LogP contribution in [0, 0.1) is 11.8 Å². The SMILES string of the molecule is CN1CC(=O)N2CC[C@@H](CC(=O)NCCN3CCCC3)[C@@H](/C=C/COc3ccccc3C1)C2. The average molecular weight is 455 g/mol. The van der Waals surface area contributed by atoms with Crippen LogP contribution in [0.25, 0.3) is 0 Å². The van der Waals surface area contributed by atoms with Crippen molar-refractivity contribution in [3.63, 3.8) is 0 Å². The van der Waals surface area contributed by atoms with Crippen LogP contribution in [-0.2, 0) is 16.1 Å². The molecule has 3 aliphatic rings. The van der Waals surface area contributed by atoms with Crippen molar-refractivity contribution in [2.24, 2.45) is 11.8 Å². The molecule has 1 N–H and O–H groups in total. The summed E-state index contributed by atoms with van der Waals surface area (Å²) in [6.45, 7) is 6.88. The molecule has 2 bridgehead atoms. The van der Waals surface area contributed by atoms with Crippen LogP contribution in [0.4, 0.5) is 0 Å². The first-order valence-corrected chi connectivity index (χ1v) is 12.4. The van der Waals surface area contributed by atoms with E-state index in [0.29, 0.717) is 32.7 Å². The van der Waals surface area contributed by atoms with E-state index in [1.807, 2.05) is 35.0 Å². The molecule has 1 aromatic carbocycles. The van der Waals surface area contributed by atoms with Gasteiger partial charge in [-0.05, 0) is 57.3 Å². The van der Waals surface area contributed by atoms with Crippen LogP contribution in [-0.4, -0.2) is 86.0 Å². The number of para-hydroxylation sites is 1. The van der Waals surface area contributed by atoms with Gasteiger partial charge in [-0.2, -0.15) is 0 Å². The van der Waals surface area contributed by atoms with Crippen LogP contribution in [0.2, 0.25) is 0 Å². The molecule has 2 amide bonds. The number of hydrogen-bond acceptors (Lipinski definition) is 5. The monoisotopic (exact) mass is 454 g/mol. The smallest absolute Gasteiger partial charge is 0.236 e. The molecule has 0 spiro atoms. The molecule has 180 valence electrons. The van der Waals surface area contributed by atoms with Crippen LogP contribution in [0.5, 0.6) is 5.75 Å². The zero-order chi connectivity index (χ0) is 23.0. The third-order valence-corrected chi connectivity index (χ3v) is 7.09. The molecule has 7 nitrogen and oxygen atoms in total. The van der Waals surface area contributed by atoms with Gasteiger partial charge in [0.25, 0.3) is 0 Å². The summed E-state index contributed by atoms with van der Waals surface area (Å²) < 4.78 is 6.04. The highest BCUT2D eigenvalue weighted by Gasteiger charge is 2.31. The molecule has 3 heterocycles. The molecule has 0 unspecified atom stereocenters. The summed E-state index contributed by atoms with van der Waals surface area (Å²) >= 11 is 0. The van der Waals surface area contributed by atoms with E-state index in [2.05, 4.69) is 28.4 Å². The van der Waals surface area contributed by atoms with Gasteiger partial charge in [-0.3, -0.25) is 14.5 Å². The predicted octanol–water partition coefficient (Wildman–Crippen LogP) is 2.13. The molecular formula is C26H38N4O3. The van der Waals surface area contributed by atoms with Crippen LogP contribution >= 0.6 is 0 Å². The molecule has 33 heavy (non-hydrogen) atoms. The van der Waals surface area contributed by atoms with E-state index >= 15 is 0 Å². The van der Waals surface area contributed by atoms with Gasteiger partial charge in [-0.15, -0.1) is 0 Å². The molecule has 0 aromatic heterocycles. The number of nitrogens with zero attached hydrogens (tertiary/aromatic N) is 3. The molecule has 0 saturated carbocycles. The van der Waals surface area contributed by atoms with Crippen LogP contribution in [0.1, 0.15) is 31.2 Å². The summed E-state index contributed by atoms with van der Waals surface area (Å²) in [6, 6.07) is 8.01. The van der Waals surface area contributed by atoms with Gasteiger partial charge < -0.3 is 19.9 Å². The maximum Gasteiger partial charge on any atom is 0.236 e. The summed E-state index contributed by atoms with van der Waals surface area (Å²) in [5.74, 6) is 1.55. The summed E-state index contributed by atoms with van der Waals surface area (Å²) in [7, 11) is 1.98. The van der Waals surface area contributed by atoms with E-state index in [4.69, 9.17) is 4.74 Å². The van der Waals surface area contributed by atoms with Crippen molar-refractivity contribution in [3.05, 3.63) is 42.0 Å². The number of amides is 2. The van der Waals surface area contributed by atoms with Gasteiger partial charge in [-0.25, -0.2) is 0 Å². The summed E-state index contributed by atoms with van der Waals surface area (Å²) in [5, 5.41) is 3.12. The molecular weight excluding hydrogens is 416 g/mol. The van der Waals surface area contributed by atoms with Gasteiger partial charge in [0.1, 0.15) is 12.4 Å². The van der Waals surface area contributed by atoms with Gasteiger partial charge >= 0.3 is 0 Å². The first-order valence-electron chi connectivity index (χ1n) is 12.4. The lowest BCUT2D eigenvalue weighted by Gasteiger charge is -2.38. The highest BCUT2D eigenvalue weighted by molar-refractivity contribution is 5.79. The molecule has 3 aliphatic heterocycles. The van der Waals surface area contributed by atoms with Crippen molar-refractivity contribution in [1.29, 1.82) is 0 Å². The Balaban J connectivity index is 1.37. The van der Waals surface area contributed by atoms with Crippen LogP contribution in [0.3, 0.4) is 0 Å². The van der Waals surface area contributed by atoms with Gasteiger partial charge in [0.05, 0.1) is 6.54 Å². The maximum atomic E-state index is 13.0. The summed E-state index contributed by atoms with van der Waals surface area (Å²) in [5.41, 5.74) is 1.09. The van der Waals surface area contributed by atoms with E-state index in [-0.39, 0.29) is 23.7 Å². The van der Waals surface area contributed by atoms with Gasteiger partial charge in [0.15, 0.2) is 0 Å². The number of benzene rings is 1. The second kappa shape index (κ2) is 11.7. The Bertz CT molecular complexity index is 837.